The van der Waals surface area contributed by atoms with Crippen molar-refractivity contribution in [1.82, 2.24) is 0 Å². The maximum Gasteiger partial charge on any atom is 0.418 e. The number of aryl methyl sites for hydroxylation is 1. The van der Waals surface area contributed by atoms with Gasteiger partial charge in [0.05, 0.1) is 11.3 Å². The van der Waals surface area contributed by atoms with Crippen LogP contribution in [0.4, 0.5) is 24.5 Å². The molecule has 7 heteroatoms. The number of carbonyl (C=O) groups excluding carboxylic acids is 1. The zero-order chi connectivity index (χ0) is 19.5. The first-order chi connectivity index (χ1) is 12.1. The van der Waals surface area contributed by atoms with Gasteiger partial charge in [0.15, 0.2) is 6.10 Å². The standard InChI is InChI=1S/C19H21F3N2O2/c1-12-5-8-15(9-6-12)26-13(2)18(25)23-17-10-7-14(24(3)4)11-16(17)19(20,21)22/h5-11,13H,1-4H3,(H,23,25). The van der Waals surface area contributed by atoms with Crippen LogP contribution >= 0.6 is 0 Å². The fourth-order valence-electron chi connectivity index (χ4n) is 2.26. The summed E-state index contributed by atoms with van der Waals surface area (Å²) in [5, 5.41) is 2.31. The van der Waals surface area contributed by atoms with Crippen molar-refractivity contribution in [2.24, 2.45) is 0 Å². The molecule has 1 atom stereocenters. The molecule has 2 aromatic carbocycles. The molecular formula is C19H21F3N2O2. The Bertz CT molecular complexity index is 771. The molecule has 2 aromatic rings. The molecule has 140 valence electrons. The van der Waals surface area contributed by atoms with E-state index in [1.54, 1.807) is 31.1 Å². The van der Waals surface area contributed by atoms with Crippen molar-refractivity contribution in [2.75, 3.05) is 24.3 Å². The summed E-state index contributed by atoms with van der Waals surface area (Å²) in [4.78, 5) is 13.8. The number of alkyl halides is 3. The Kier molecular flexibility index (Phi) is 5.79. The quantitative estimate of drug-likeness (QED) is 0.848. The SMILES string of the molecule is Cc1ccc(OC(C)C(=O)Nc2ccc(N(C)C)cc2C(F)(F)F)cc1. The van der Waals surface area contributed by atoms with Crippen LogP contribution in [0.25, 0.3) is 0 Å². The van der Waals surface area contributed by atoms with Crippen LogP contribution in [-0.2, 0) is 11.0 Å². The number of hydrogen-bond acceptors (Lipinski definition) is 3. The number of ether oxygens (including phenoxy) is 1. The molecule has 0 saturated carbocycles. The minimum Gasteiger partial charge on any atom is -0.481 e. The lowest BCUT2D eigenvalue weighted by molar-refractivity contribution is -0.137. The highest BCUT2D eigenvalue weighted by Gasteiger charge is 2.35. The molecule has 0 heterocycles. The fraction of sp³-hybridized carbons (Fsp3) is 0.316. The molecule has 4 nitrogen and oxygen atoms in total. The van der Waals surface area contributed by atoms with Crippen LogP contribution in [0.1, 0.15) is 18.1 Å². The predicted molar refractivity (Wildman–Crippen MR) is 95.7 cm³/mol. The number of anilines is 2. The first-order valence-corrected chi connectivity index (χ1v) is 8.00. The Morgan fingerprint density at radius 1 is 1.12 bits per heavy atom. The minimum atomic E-state index is -4.59. The highest BCUT2D eigenvalue weighted by molar-refractivity contribution is 5.95. The van der Waals surface area contributed by atoms with Crippen LogP contribution in [0.15, 0.2) is 42.5 Å². The molecule has 2 rings (SSSR count). The maximum atomic E-state index is 13.3. The molecule has 0 spiro atoms. The summed E-state index contributed by atoms with van der Waals surface area (Å²) in [5.41, 5.74) is 0.219. The molecule has 0 aliphatic carbocycles. The molecule has 26 heavy (non-hydrogen) atoms. The third-order valence-electron chi connectivity index (χ3n) is 3.79. The summed E-state index contributed by atoms with van der Waals surface area (Å²) in [6.45, 7) is 3.40. The number of amides is 1. The Morgan fingerprint density at radius 3 is 2.27 bits per heavy atom. The molecule has 0 fully saturated rings. The van der Waals surface area contributed by atoms with E-state index in [4.69, 9.17) is 4.74 Å². The van der Waals surface area contributed by atoms with E-state index < -0.39 is 23.8 Å². The molecule has 0 aliphatic heterocycles. The second-order valence-electron chi connectivity index (χ2n) is 6.18. The van der Waals surface area contributed by atoms with Crippen LogP contribution < -0.4 is 15.0 Å². The van der Waals surface area contributed by atoms with Crippen molar-refractivity contribution in [3.63, 3.8) is 0 Å². The van der Waals surface area contributed by atoms with Crippen LogP contribution in [-0.4, -0.2) is 26.1 Å². The largest absolute Gasteiger partial charge is 0.481 e. The van der Waals surface area contributed by atoms with Gasteiger partial charge in [0.2, 0.25) is 0 Å². The summed E-state index contributed by atoms with van der Waals surface area (Å²) >= 11 is 0. The van der Waals surface area contributed by atoms with Gasteiger partial charge in [0.1, 0.15) is 5.75 Å². The number of halogens is 3. The highest BCUT2D eigenvalue weighted by Crippen LogP contribution is 2.37. The maximum absolute atomic E-state index is 13.3. The molecule has 0 radical (unpaired) electrons. The lowest BCUT2D eigenvalue weighted by atomic mass is 10.1. The van der Waals surface area contributed by atoms with E-state index in [1.807, 2.05) is 19.1 Å². The average molecular weight is 366 g/mol. The van der Waals surface area contributed by atoms with E-state index >= 15 is 0 Å². The predicted octanol–water partition coefficient (Wildman–Crippen LogP) is 4.49. The molecule has 0 aliphatic rings. The summed E-state index contributed by atoms with van der Waals surface area (Å²) in [6.07, 6.45) is -5.54. The van der Waals surface area contributed by atoms with Gasteiger partial charge in [0, 0.05) is 19.8 Å². The summed E-state index contributed by atoms with van der Waals surface area (Å²) in [6, 6.07) is 10.8. The van der Waals surface area contributed by atoms with Gasteiger partial charge in [0.25, 0.3) is 5.91 Å². The van der Waals surface area contributed by atoms with Gasteiger partial charge >= 0.3 is 6.18 Å². The molecule has 0 aromatic heterocycles. The van der Waals surface area contributed by atoms with Crippen molar-refractivity contribution < 1.29 is 22.7 Å². The van der Waals surface area contributed by atoms with Crippen molar-refractivity contribution in [1.29, 1.82) is 0 Å². The topological polar surface area (TPSA) is 41.6 Å². The third kappa shape index (κ3) is 4.91. The van der Waals surface area contributed by atoms with E-state index in [0.29, 0.717) is 11.4 Å². The molecule has 0 bridgehead atoms. The van der Waals surface area contributed by atoms with Crippen molar-refractivity contribution >= 4 is 17.3 Å². The lowest BCUT2D eigenvalue weighted by Crippen LogP contribution is -2.31. The van der Waals surface area contributed by atoms with E-state index in [-0.39, 0.29) is 5.69 Å². The van der Waals surface area contributed by atoms with E-state index in [1.165, 1.54) is 19.1 Å². The summed E-state index contributed by atoms with van der Waals surface area (Å²) in [7, 11) is 3.29. The van der Waals surface area contributed by atoms with Crippen molar-refractivity contribution in [3.05, 3.63) is 53.6 Å². The van der Waals surface area contributed by atoms with Crippen LogP contribution in [0.2, 0.25) is 0 Å². The second-order valence-corrected chi connectivity index (χ2v) is 6.18. The minimum absolute atomic E-state index is 0.299. The Labute approximate surface area is 150 Å². The molecule has 1 amide bonds. The zero-order valence-corrected chi connectivity index (χ0v) is 15.0. The highest BCUT2D eigenvalue weighted by atomic mass is 19.4. The van der Waals surface area contributed by atoms with E-state index in [0.717, 1.165) is 11.6 Å². The molecule has 1 unspecified atom stereocenters. The zero-order valence-electron chi connectivity index (χ0n) is 15.0. The van der Waals surface area contributed by atoms with Crippen molar-refractivity contribution in [3.8, 4) is 5.75 Å². The number of benzene rings is 2. The van der Waals surface area contributed by atoms with E-state index in [2.05, 4.69) is 5.32 Å². The van der Waals surface area contributed by atoms with Gasteiger partial charge < -0.3 is 15.0 Å². The van der Waals surface area contributed by atoms with Crippen LogP contribution in [0.3, 0.4) is 0 Å². The first kappa shape index (κ1) is 19.6. The Balaban J connectivity index is 2.18. The Morgan fingerprint density at radius 2 is 1.73 bits per heavy atom. The van der Waals surface area contributed by atoms with Gasteiger partial charge in [-0.1, -0.05) is 17.7 Å². The van der Waals surface area contributed by atoms with Crippen molar-refractivity contribution in [2.45, 2.75) is 26.1 Å². The van der Waals surface area contributed by atoms with Gasteiger partial charge in [-0.15, -0.1) is 0 Å². The third-order valence-corrected chi connectivity index (χ3v) is 3.79. The normalized spacial score (nSPS) is 12.4. The molecule has 0 saturated heterocycles. The number of hydrogen-bond donors (Lipinski definition) is 1. The smallest absolute Gasteiger partial charge is 0.418 e. The lowest BCUT2D eigenvalue weighted by Gasteiger charge is -2.20. The number of rotatable bonds is 5. The monoisotopic (exact) mass is 366 g/mol. The molecule has 1 N–H and O–H groups in total. The first-order valence-electron chi connectivity index (χ1n) is 8.00. The van der Waals surface area contributed by atoms with Gasteiger partial charge in [-0.2, -0.15) is 13.2 Å². The van der Waals surface area contributed by atoms with Gasteiger partial charge in [-0.05, 0) is 44.2 Å². The van der Waals surface area contributed by atoms with Gasteiger partial charge in [-0.25, -0.2) is 0 Å². The van der Waals surface area contributed by atoms with E-state index in [9.17, 15) is 18.0 Å². The Hall–Kier alpha value is -2.70. The van der Waals surface area contributed by atoms with Crippen LogP contribution in [0.5, 0.6) is 5.75 Å². The van der Waals surface area contributed by atoms with Gasteiger partial charge in [-0.3, -0.25) is 4.79 Å². The average Bonchev–Trinajstić information content (AvgIpc) is 2.56. The number of nitrogens with one attached hydrogen (secondary N) is 1. The fourth-order valence-corrected chi connectivity index (χ4v) is 2.26. The summed E-state index contributed by atoms with van der Waals surface area (Å²) < 4.78 is 45.5. The number of carbonyl (C=O) groups is 1. The molecular weight excluding hydrogens is 345 g/mol. The number of nitrogens with zero attached hydrogens (tertiary/aromatic N) is 1. The van der Waals surface area contributed by atoms with Crippen LogP contribution in [0, 0.1) is 6.92 Å². The second kappa shape index (κ2) is 7.68. The summed E-state index contributed by atoms with van der Waals surface area (Å²) in [5.74, 6) is -0.189.